The Balaban J connectivity index is 1.84. The number of furan rings is 1. The van der Waals surface area contributed by atoms with Crippen LogP contribution in [-0.2, 0) is 17.7 Å². The molecule has 0 aliphatic heterocycles. The molecule has 0 bridgehead atoms. The van der Waals surface area contributed by atoms with Crippen LogP contribution < -0.4 is 11.1 Å². The number of nitrogens with one attached hydrogen (secondary N) is 1. The third-order valence-electron chi connectivity index (χ3n) is 3.37. The fourth-order valence-electron chi connectivity index (χ4n) is 2.34. The van der Waals surface area contributed by atoms with Gasteiger partial charge in [0.2, 0.25) is 0 Å². The number of anilines is 1. The topological polar surface area (TPSA) is 73.3 Å². The van der Waals surface area contributed by atoms with Gasteiger partial charge in [-0.15, -0.1) is 17.8 Å². The maximum absolute atomic E-state index is 6.06. The number of hydrogen-bond donors (Lipinski definition) is 2. The summed E-state index contributed by atoms with van der Waals surface area (Å²) < 4.78 is 16.0. The first-order valence-corrected chi connectivity index (χ1v) is 8.70. The first kappa shape index (κ1) is 16.0. The van der Waals surface area contributed by atoms with E-state index in [0.29, 0.717) is 19.6 Å². The summed E-state index contributed by atoms with van der Waals surface area (Å²) in [6, 6.07) is 3.73. The standard InChI is InChI=1S/C16H17N3O2S2/c1-3-12-13(7-10(17)9-20-2)22-15-14(12)19-23-16(15)18-8-11-5-4-6-21-11/h1,4-6,10,18H,7-9,17H2,2H3/t10-/m1/s1. The molecule has 3 N–H and O–H groups in total. The summed E-state index contributed by atoms with van der Waals surface area (Å²) in [4.78, 5) is 1.09. The van der Waals surface area contributed by atoms with Crippen molar-refractivity contribution in [2.45, 2.75) is 19.0 Å². The Morgan fingerprint density at radius 3 is 3.13 bits per heavy atom. The number of nitrogens with zero attached hydrogens (tertiary/aromatic N) is 1. The van der Waals surface area contributed by atoms with E-state index in [0.717, 1.165) is 31.4 Å². The van der Waals surface area contributed by atoms with Gasteiger partial charge in [0.05, 0.1) is 29.7 Å². The van der Waals surface area contributed by atoms with Crippen molar-refractivity contribution in [3.63, 3.8) is 0 Å². The van der Waals surface area contributed by atoms with Crippen LogP contribution in [0.1, 0.15) is 16.2 Å². The van der Waals surface area contributed by atoms with Crippen LogP contribution in [0.4, 0.5) is 5.00 Å². The van der Waals surface area contributed by atoms with Crippen molar-refractivity contribution in [2.75, 3.05) is 19.0 Å². The lowest BCUT2D eigenvalue weighted by atomic mass is 10.1. The Bertz CT molecular complexity index is 814. The van der Waals surface area contributed by atoms with Crippen LogP contribution in [0, 0.1) is 12.3 Å². The second kappa shape index (κ2) is 7.15. The van der Waals surface area contributed by atoms with Crippen molar-refractivity contribution in [3.8, 4) is 12.3 Å². The number of thiophene rings is 1. The molecular formula is C16H17N3O2S2. The fourth-order valence-corrected chi connectivity index (χ4v) is 4.53. The molecule has 0 aromatic carbocycles. The number of aromatic nitrogens is 1. The summed E-state index contributed by atoms with van der Waals surface area (Å²) in [6.07, 6.45) is 8.04. The first-order valence-electron chi connectivity index (χ1n) is 7.11. The zero-order chi connectivity index (χ0) is 16.2. The van der Waals surface area contributed by atoms with Crippen molar-refractivity contribution in [3.05, 3.63) is 34.6 Å². The number of terminal acetylenes is 1. The predicted octanol–water partition coefficient (Wildman–Crippen LogP) is 3.06. The van der Waals surface area contributed by atoms with Crippen LogP contribution in [0.15, 0.2) is 22.8 Å². The molecule has 0 aliphatic carbocycles. The molecule has 0 spiro atoms. The van der Waals surface area contributed by atoms with Gasteiger partial charge in [0.15, 0.2) is 0 Å². The van der Waals surface area contributed by atoms with Crippen molar-refractivity contribution >= 4 is 38.1 Å². The molecule has 3 heterocycles. The lowest BCUT2D eigenvalue weighted by molar-refractivity contribution is 0.180. The number of hydrogen-bond acceptors (Lipinski definition) is 7. The van der Waals surface area contributed by atoms with Gasteiger partial charge in [0, 0.05) is 24.4 Å². The van der Waals surface area contributed by atoms with Gasteiger partial charge in [-0.3, -0.25) is 0 Å². The van der Waals surface area contributed by atoms with E-state index in [-0.39, 0.29) is 6.04 Å². The van der Waals surface area contributed by atoms with Gasteiger partial charge in [-0.25, -0.2) is 0 Å². The molecule has 3 rings (SSSR count). The summed E-state index contributed by atoms with van der Waals surface area (Å²) in [5, 5.41) is 4.37. The van der Waals surface area contributed by atoms with Gasteiger partial charge in [-0.1, -0.05) is 5.92 Å². The Morgan fingerprint density at radius 2 is 2.43 bits per heavy atom. The lowest BCUT2D eigenvalue weighted by Crippen LogP contribution is -2.27. The molecule has 7 heteroatoms. The largest absolute Gasteiger partial charge is 0.467 e. The lowest BCUT2D eigenvalue weighted by Gasteiger charge is -2.08. The molecule has 0 aliphatic rings. The van der Waals surface area contributed by atoms with Crippen LogP contribution >= 0.6 is 22.9 Å². The summed E-state index contributed by atoms with van der Waals surface area (Å²) in [6.45, 7) is 1.12. The van der Waals surface area contributed by atoms with Crippen LogP contribution in [0.3, 0.4) is 0 Å². The molecule has 0 radical (unpaired) electrons. The molecule has 23 heavy (non-hydrogen) atoms. The Kier molecular flexibility index (Phi) is 4.98. The van der Waals surface area contributed by atoms with Gasteiger partial charge in [0.1, 0.15) is 16.3 Å². The third kappa shape index (κ3) is 3.41. The van der Waals surface area contributed by atoms with Crippen LogP contribution in [0.25, 0.3) is 10.2 Å². The molecule has 0 saturated heterocycles. The van der Waals surface area contributed by atoms with E-state index in [4.69, 9.17) is 21.3 Å². The van der Waals surface area contributed by atoms with Gasteiger partial charge >= 0.3 is 0 Å². The van der Waals surface area contributed by atoms with Gasteiger partial charge < -0.3 is 20.2 Å². The quantitative estimate of drug-likeness (QED) is 0.643. The van der Waals surface area contributed by atoms with Gasteiger partial charge in [-0.05, 0) is 23.7 Å². The van der Waals surface area contributed by atoms with E-state index >= 15 is 0 Å². The molecule has 1 atom stereocenters. The average molecular weight is 347 g/mol. The highest BCUT2D eigenvalue weighted by Gasteiger charge is 2.19. The molecule has 0 saturated carbocycles. The SMILES string of the molecule is C#Cc1c(C[C@@H](N)COC)sc2c(NCc3ccco3)snc12. The number of methoxy groups -OCH3 is 1. The molecule has 3 aromatic rings. The molecule has 0 amide bonds. The number of fused-ring (bicyclic) bond motifs is 1. The minimum Gasteiger partial charge on any atom is -0.467 e. The number of nitrogens with two attached hydrogens (primary N) is 1. The minimum atomic E-state index is -0.0712. The summed E-state index contributed by atoms with van der Waals surface area (Å²) in [5.74, 6) is 3.64. The van der Waals surface area contributed by atoms with Crippen LogP contribution in [0.2, 0.25) is 0 Å². The normalized spacial score (nSPS) is 12.4. The molecule has 0 fully saturated rings. The molecule has 0 unspecified atom stereocenters. The fraction of sp³-hybridized carbons (Fsp3) is 0.312. The van der Waals surface area contributed by atoms with Crippen molar-refractivity contribution in [1.29, 1.82) is 0 Å². The Labute approximate surface area is 142 Å². The highest BCUT2D eigenvalue weighted by atomic mass is 32.1. The Morgan fingerprint density at radius 1 is 1.57 bits per heavy atom. The van der Waals surface area contributed by atoms with E-state index in [9.17, 15) is 0 Å². The van der Waals surface area contributed by atoms with Gasteiger partial charge in [0.25, 0.3) is 0 Å². The molecule has 3 aromatic heterocycles. The van der Waals surface area contributed by atoms with E-state index in [2.05, 4.69) is 15.6 Å². The molecule has 5 nitrogen and oxygen atoms in total. The van der Waals surface area contributed by atoms with E-state index in [1.54, 1.807) is 24.7 Å². The van der Waals surface area contributed by atoms with E-state index in [1.165, 1.54) is 11.5 Å². The highest BCUT2D eigenvalue weighted by Crippen LogP contribution is 2.39. The van der Waals surface area contributed by atoms with Crippen LogP contribution in [-0.4, -0.2) is 24.1 Å². The highest BCUT2D eigenvalue weighted by molar-refractivity contribution is 7.24. The average Bonchev–Trinajstić information content (AvgIpc) is 3.22. The molecular weight excluding hydrogens is 330 g/mol. The molecule has 120 valence electrons. The summed E-state index contributed by atoms with van der Waals surface area (Å²) in [7, 11) is 1.65. The van der Waals surface area contributed by atoms with Gasteiger partial charge in [-0.2, -0.15) is 4.37 Å². The van der Waals surface area contributed by atoms with Crippen molar-refractivity contribution in [2.24, 2.45) is 5.73 Å². The maximum atomic E-state index is 6.06. The van der Waals surface area contributed by atoms with Crippen LogP contribution in [0.5, 0.6) is 0 Å². The van der Waals surface area contributed by atoms with E-state index < -0.39 is 0 Å². The predicted molar refractivity (Wildman–Crippen MR) is 95.0 cm³/mol. The number of ether oxygens (including phenoxy) is 1. The van der Waals surface area contributed by atoms with E-state index in [1.807, 2.05) is 12.1 Å². The zero-order valence-electron chi connectivity index (χ0n) is 12.7. The Hall–Kier alpha value is -1.85. The first-order chi connectivity index (χ1) is 11.2. The minimum absolute atomic E-state index is 0.0712. The third-order valence-corrected chi connectivity index (χ3v) is 5.52. The maximum Gasteiger partial charge on any atom is 0.127 e. The second-order valence-corrected chi connectivity index (χ2v) is 6.97. The monoisotopic (exact) mass is 347 g/mol. The second-order valence-electron chi connectivity index (χ2n) is 5.09. The van der Waals surface area contributed by atoms with Crippen molar-refractivity contribution < 1.29 is 9.15 Å². The zero-order valence-corrected chi connectivity index (χ0v) is 14.3. The smallest absolute Gasteiger partial charge is 0.127 e. The van der Waals surface area contributed by atoms with Crippen molar-refractivity contribution in [1.82, 2.24) is 4.37 Å². The summed E-state index contributed by atoms with van der Waals surface area (Å²) >= 11 is 3.06. The number of rotatable bonds is 7. The summed E-state index contributed by atoms with van der Waals surface area (Å²) in [5.41, 5.74) is 7.78.